The fourth-order valence-corrected chi connectivity index (χ4v) is 3.66. The van der Waals surface area contributed by atoms with Crippen LogP contribution < -0.4 is 5.32 Å². The van der Waals surface area contributed by atoms with E-state index in [4.69, 9.17) is 0 Å². The highest BCUT2D eigenvalue weighted by Gasteiger charge is 2.20. The molecule has 0 aromatic carbocycles. The number of hydrogen-bond donors (Lipinski definition) is 2. The maximum Gasteiger partial charge on any atom is 0.255 e. The van der Waals surface area contributed by atoms with E-state index in [1.54, 1.807) is 21.6 Å². The minimum atomic E-state index is -1.50. The number of nitrogens with one attached hydrogen (secondary N) is 2. The van der Waals surface area contributed by atoms with Crippen molar-refractivity contribution in [2.75, 3.05) is 6.54 Å². The molecule has 0 radical (unpaired) electrons. The Kier molecular flexibility index (Phi) is 4.50. The Balaban J connectivity index is 1.61. The molecule has 5 heterocycles. The SMILES string of the molecule is Cn1cc(-c2ncnc3[nH]cc(-c4ccn5ncc(C(=O)NCC(C)(C)F)c5c4)c23)cn1. The molecule has 0 fully saturated rings. The number of halogens is 1. The van der Waals surface area contributed by atoms with Crippen LogP contribution in [-0.4, -0.2) is 52.5 Å². The van der Waals surface area contributed by atoms with Crippen LogP contribution in [0.4, 0.5) is 4.39 Å². The minimum Gasteiger partial charge on any atom is -0.349 e. The number of H-pyrrole nitrogens is 1. The van der Waals surface area contributed by atoms with Gasteiger partial charge in [-0.2, -0.15) is 10.2 Å². The molecule has 9 nitrogen and oxygen atoms in total. The molecular formula is C22H21FN8O. The Hall–Kier alpha value is -4.08. The average molecular weight is 432 g/mol. The van der Waals surface area contributed by atoms with Gasteiger partial charge in [-0.25, -0.2) is 18.9 Å². The summed E-state index contributed by atoms with van der Waals surface area (Å²) in [5, 5.41) is 12.0. The van der Waals surface area contributed by atoms with Crippen molar-refractivity contribution in [1.82, 2.24) is 39.7 Å². The number of rotatable bonds is 5. The summed E-state index contributed by atoms with van der Waals surface area (Å²) < 4.78 is 17.2. The summed E-state index contributed by atoms with van der Waals surface area (Å²) in [6.07, 6.45) is 10.3. The van der Waals surface area contributed by atoms with Crippen LogP contribution in [0.25, 0.3) is 38.9 Å². The van der Waals surface area contributed by atoms with Crippen LogP contribution in [0, 0.1) is 0 Å². The van der Waals surface area contributed by atoms with Crippen molar-refractivity contribution in [2.45, 2.75) is 19.5 Å². The van der Waals surface area contributed by atoms with Gasteiger partial charge < -0.3 is 10.3 Å². The molecular weight excluding hydrogens is 411 g/mol. The van der Waals surface area contributed by atoms with E-state index < -0.39 is 5.67 Å². The van der Waals surface area contributed by atoms with E-state index in [2.05, 4.69) is 30.5 Å². The van der Waals surface area contributed by atoms with Crippen molar-refractivity contribution < 1.29 is 9.18 Å². The van der Waals surface area contributed by atoms with Crippen LogP contribution in [0.5, 0.6) is 0 Å². The van der Waals surface area contributed by atoms with E-state index in [0.717, 1.165) is 27.8 Å². The van der Waals surface area contributed by atoms with Gasteiger partial charge in [-0.05, 0) is 31.5 Å². The number of nitrogens with zero attached hydrogens (tertiary/aromatic N) is 6. The molecule has 1 amide bonds. The molecule has 5 rings (SSSR count). The summed E-state index contributed by atoms with van der Waals surface area (Å²) in [6.45, 7) is 2.75. The number of hydrogen-bond acceptors (Lipinski definition) is 5. The highest BCUT2D eigenvalue weighted by atomic mass is 19.1. The van der Waals surface area contributed by atoms with Crippen LogP contribution in [-0.2, 0) is 7.05 Å². The highest BCUT2D eigenvalue weighted by molar-refractivity contribution is 6.04. The Morgan fingerprint density at radius 3 is 2.81 bits per heavy atom. The van der Waals surface area contributed by atoms with Crippen molar-refractivity contribution in [3.8, 4) is 22.4 Å². The molecule has 32 heavy (non-hydrogen) atoms. The summed E-state index contributed by atoms with van der Waals surface area (Å²) in [5.74, 6) is -0.374. The molecule has 0 aliphatic rings. The van der Waals surface area contributed by atoms with Crippen LogP contribution in [0.3, 0.4) is 0 Å². The fraction of sp³-hybridized carbons (Fsp3) is 0.227. The number of carbonyl (C=O) groups excluding carboxylic acids is 1. The van der Waals surface area contributed by atoms with Gasteiger partial charge in [-0.3, -0.25) is 9.48 Å². The van der Waals surface area contributed by atoms with E-state index in [9.17, 15) is 9.18 Å². The molecule has 0 saturated carbocycles. The number of pyridine rings is 1. The van der Waals surface area contributed by atoms with E-state index in [1.165, 1.54) is 26.4 Å². The molecule has 0 atom stereocenters. The molecule has 0 spiro atoms. The van der Waals surface area contributed by atoms with Crippen molar-refractivity contribution in [3.63, 3.8) is 0 Å². The lowest BCUT2D eigenvalue weighted by Crippen LogP contribution is -2.35. The van der Waals surface area contributed by atoms with E-state index >= 15 is 0 Å². The normalized spacial score (nSPS) is 12.0. The molecule has 0 aliphatic heterocycles. The first-order chi connectivity index (χ1) is 15.3. The van der Waals surface area contributed by atoms with Crippen molar-refractivity contribution in [3.05, 3.63) is 55.0 Å². The van der Waals surface area contributed by atoms with Gasteiger partial charge in [0.15, 0.2) is 0 Å². The van der Waals surface area contributed by atoms with Gasteiger partial charge in [0.2, 0.25) is 0 Å². The summed E-state index contributed by atoms with van der Waals surface area (Å²) in [6, 6.07) is 3.79. The highest BCUT2D eigenvalue weighted by Crippen LogP contribution is 2.34. The molecule has 0 aliphatic carbocycles. The second-order valence-electron chi connectivity index (χ2n) is 8.26. The predicted molar refractivity (Wildman–Crippen MR) is 118 cm³/mol. The quantitative estimate of drug-likeness (QED) is 0.444. The standard InChI is InChI=1S/C22H21FN8O/c1-22(2,23)11-25-21(32)16-9-29-31-5-4-13(6-17(16)31)15-8-24-20-18(15)19(26-12-27-20)14-7-28-30(3)10-14/h4-10,12H,11H2,1-3H3,(H,25,32)(H,24,26,27). The van der Waals surface area contributed by atoms with Gasteiger partial charge in [0.25, 0.3) is 5.91 Å². The Morgan fingerprint density at radius 2 is 2.06 bits per heavy atom. The summed E-state index contributed by atoms with van der Waals surface area (Å²) >= 11 is 0. The molecule has 5 aromatic rings. The van der Waals surface area contributed by atoms with Gasteiger partial charge in [0, 0.05) is 36.8 Å². The van der Waals surface area contributed by atoms with Crippen molar-refractivity contribution >= 4 is 22.5 Å². The molecule has 2 N–H and O–H groups in total. The molecule has 5 aromatic heterocycles. The molecule has 0 unspecified atom stereocenters. The molecule has 10 heteroatoms. The first kappa shape index (κ1) is 19.9. The lowest BCUT2D eigenvalue weighted by Gasteiger charge is -2.14. The largest absolute Gasteiger partial charge is 0.349 e. The first-order valence-electron chi connectivity index (χ1n) is 10.1. The van der Waals surface area contributed by atoms with Crippen LogP contribution in [0.15, 0.2) is 49.4 Å². The topological polar surface area (TPSA) is 106 Å². The third-order valence-corrected chi connectivity index (χ3v) is 5.19. The van der Waals surface area contributed by atoms with Crippen LogP contribution >= 0.6 is 0 Å². The third kappa shape index (κ3) is 3.49. The Labute approximate surface area is 182 Å². The Morgan fingerprint density at radius 1 is 1.22 bits per heavy atom. The smallest absolute Gasteiger partial charge is 0.255 e. The monoisotopic (exact) mass is 432 g/mol. The van der Waals surface area contributed by atoms with Crippen LogP contribution in [0.1, 0.15) is 24.2 Å². The molecule has 0 saturated heterocycles. The second-order valence-corrected chi connectivity index (χ2v) is 8.26. The average Bonchev–Trinajstić information content (AvgIpc) is 3.48. The number of aryl methyl sites for hydroxylation is 1. The molecule has 162 valence electrons. The van der Waals surface area contributed by atoms with E-state index in [0.29, 0.717) is 16.7 Å². The van der Waals surface area contributed by atoms with Crippen LogP contribution in [0.2, 0.25) is 0 Å². The van der Waals surface area contributed by atoms with Gasteiger partial charge in [-0.1, -0.05) is 0 Å². The summed E-state index contributed by atoms with van der Waals surface area (Å²) in [5.41, 5.74) is 3.58. The summed E-state index contributed by atoms with van der Waals surface area (Å²) in [4.78, 5) is 24.7. The van der Waals surface area contributed by atoms with E-state index in [1.807, 2.05) is 31.6 Å². The van der Waals surface area contributed by atoms with E-state index in [-0.39, 0.29) is 12.5 Å². The summed E-state index contributed by atoms with van der Waals surface area (Å²) in [7, 11) is 1.85. The predicted octanol–water partition coefficient (Wildman–Crippen LogP) is 3.15. The third-order valence-electron chi connectivity index (χ3n) is 5.19. The van der Waals surface area contributed by atoms with Gasteiger partial charge in [-0.15, -0.1) is 0 Å². The lowest BCUT2D eigenvalue weighted by molar-refractivity contribution is 0.0922. The maximum atomic E-state index is 13.8. The first-order valence-corrected chi connectivity index (χ1v) is 10.1. The zero-order chi connectivity index (χ0) is 22.5. The number of carbonyl (C=O) groups is 1. The minimum absolute atomic E-state index is 0.0862. The van der Waals surface area contributed by atoms with Crippen molar-refractivity contribution in [2.24, 2.45) is 7.05 Å². The number of alkyl halides is 1. The second kappa shape index (κ2) is 7.26. The number of fused-ring (bicyclic) bond motifs is 2. The van der Waals surface area contributed by atoms with Crippen molar-refractivity contribution in [1.29, 1.82) is 0 Å². The van der Waals surface area contributed by atoms with Gasteiger partial charge >= 0.3 is 0 Å². The number of amides is 1. The fourth-order valence-electron chi connectivity index (χ4n) is 3.66. The Bertz CT molecular complexity index is 1460. The number of aromatic nitrogens is 7. The lowest BCUT2D eigenvalue weighted by atomic mass is 10.0. The van der Waals surface area contributed by atoms with Gasteiger partial charge in [0.1, 0.15) is 17.6 Å². The molecule has 0 bridgehead atoms. The number of aromatic amines is 1. The zero-order valence-corrected chi connectivity index (χ0v) is 17.8. The maximum absolute atomic E-state index is 13.8. The van der Waals surface area contributed by atoms with Gasteiger partial charge in [0.05, 0.1) is 41.1 Å². The zero-order valence-electron chi connectivity index (χ0n) is 17.8.